The Balaban J connectivity index is 0.744. The number of nitrogens with one attached hydrogen (secondary N) is 1. The first-order valence-electron chi connectivity index (χ1n) is 30.1. The molecule has 39 nitrogen and oxygen atoms in total. The normalized spacial score (nSPS) is 48.5. The molecule has 0 spiro atoms. The van der Waals surface area contributed by atoms with Crippen molar-refractivity contribution < 1.29 is 188 Å². The number of ether oxygens (including phenoxy) is 14. The highest BCUT2D eigenvalue weighted by atomic mass is 16.8. The van der Waals surface area contributed by atoms with Crippen LogP contribution in [0.4, 0.5) is 0 Å². The van der Waals surface area contributed by atoms with Crippen LogP contribution in [-0.2, 0) is 77.6 Å². The van der Waals surface area contributed by atoms with Gasteiger partial charge in [-0.05, 0) is 24.1 Å². The van der Waals surface area contributed by atoms with Gasteiger partial charge in [-0.1, -0.05) is 26.0 Å². The number of carbonyl (C=O) groups is 2. The van der Waals surface area contributed by atoms with Gasteiger partial charge in [-0.2, -0.15) is 0 Å². The van der Waals surface area contributed by atoms with Gasteiger partial charge < -0.3 is 184 Å². The van der Waals surface area contributed by atoms with Gasteiger partial charge in [0.15, 0.2) is 37.7 Å². The van der Waals surface area contributed by atoms with E-state index in [9.17, 15) is 122 Å². The molecule has 0 saturated carbocycles. The number of hydrogen-bond acceptors (Lipinski definition) is 38. The van der Waals surface area contributed by atoms with Crippen LogP contribution in [0.15, 0.2) is 24.3 Å². The molecule has 8 aliphatic rings. The Morgan fingerprint density at radius 3 is 0.819 bits per heavy atom. The van der Waals surface area contributed by atoms with Crippen molar-refractivity contribution in [2.24, 2.45) is 5.41 Å². The highest BCUT2D eigenvalue weighted by Gasteiger charge is 2.55. The van der Waals surface area contributed by atoms with Crippen LogP contribution < -0.4 is 10.1 Å². The topological polar surface area (TPSA) is 620 Å². The second-order valence-corrected chi connectivity index (χ2v) is 24.8. The van der Waals surface area contributed by atoms with Crippen LogP contribution in [0.3, 0.4) is 0 Å². The van der Waals surface area contributed by atoms with E-state index in [0.717, 1.165) is 0 Å². The van der Waals surface area contributed by atoms with Crippen LogP contribution in [0.1, 0.15) is 19.4 Å². The molecule has 0 aromatic heterocycles. The highest BCUT2D eigenvalue weighted by Crippen LogP contribution is 2.35. The fourth-order valence-electron chi connectivity index (χ4n) is 11.7. The van der Waals surface area contributed by atoms with Crippen molar-refractivity contribution in [2.75, 3.05) is 46.2 Å². The van der Waals surface area contributed by atoms with Gasteiger partial charge in [-0.25, -0.2) is 0 Å². The van der Waals surface area contributed by atoms with E-state index in [0.29, 0.717) is 12.0 Å². The molecule has 39 heteroatoms. The van der Waals surface area contributed by atoms with E-state index in [4.69, 9.17) is 66.3 Å². The van der Waals surface area contributed by atoms with Gasteiger partial charge in [0.1, 0.15) is 177 Å². The molecule has 9 rings (SSSR count). The maximum Gasteiger partial charge on any atom is 0.288 e. The van der Waals surface area contributed by atoms with Crippen molar-refractivity contribution in [2.45, 2.75) is 241 Å². The summed E-state index contributed by atoms with van der Waals surface area (Å²) in [6, 6.07) is 5.77. The number of ketones is 1. The number of Topliss-reactive ketones (excluding diaryl/α,β-unsaturated/α-hetero) is 1. The third-order valence-corrected chi connectivity index (χ3v) is 18.0. The molecule has 36 atom stereocenters. The van der Waals surface area contributed by atoms with Crippen molar-refractivity contribution in [3.05, 3.63) is 29.8 Å². The monoisotopic (exact) mass is 1370 g/mol. The number of carbonyl (C=O) groups excluding carboxylic acids is 2. The van der Waals surface area contributed by atoms with Gasteiger partial charge in [0.2, 0.25) is 12.1 Å². The number of amides is 1. The van der Waals surface area contributed by atoms with E-state index in [-0.39, 0.29) is 5.75 Å². The minimum atomic E-state index is -2.07. The Labute approximate surface area is 532 Å². The second-order valence-electron chi connectivity index (χ2n) is 24.8. The molecule has 0 radical (unpaired) electrons. The molecule has 1 aromatic rings. The summed E-state index contributed by atoms with van der Waals surface area (Å²) in [5, 5.41) is 237. The molecule has 0 bridgehead atoms. The molecule has 8 heterocycles. The van der Waals surface area contributed by atoms with E-state index < -0.39 is 284 Å². The number of aliphatic hydroxyl groups is 22. The van der Waals surface area contributed by atoms with E-state index in [2.05, 4.69) is 5.32 Å². The number of rotatable bonds is 23. The predicted octanol–water partition coefficient (Wildman–Crippen LogP) is -14.6. The quantitative estimate of drug-likeness (QED) is 0.0452. The van der Waals surface area contributed by atoms with Crippen molar-refractivity contribution in [1.29, 1.82) is 0 Å². The average molecular weight is 1370 g/mol. The van der Waals surface area contributed by atoms with Gasteiger partial charge in [0.25, 0.3) is 5.91 Å². The van der Waals surface area contributed by atoms with Crippen molar-refractivity contribution >= 4 is 11.7 Å². The summed E-state index contributed by atoms with van der Waals surface area (Å²) >= 11 is 0. The summed E-state index contributed by atoms with van der Waals surface area (Å²) in [5.74, 6) is -1.10. The molecule has 1 aromatic carbocycles. The van der Waals surface area contributed by atoms with Gasteiger partial charge in [-0.3, -0.25) is 9.59 Å². The van der Waals surface area contributed by atoms with Crippen LogP contribution >= 0.6 is 0 Å². The molecule has 1 amide bonds. The number of benzene rings is 1. The molecule has 23 N–H and O–H groups in total. The molecule has 0 aliphatic carbocycles. The first-order chi connectivity index (χ1) is 44.3. The van der Waals surface area contributed by atoms with Crippen LogP contribution in [-0.4, -0.2) is 391 Å². The summed E-state index contributed by atoms with van der Waals surface area (Å²) in [6.45, 7) is -2.27. The van der Waals surface area contributed by atoms with Crippen molar-refractivity contribution in [3.8, 4) is 5.75 Å². The van der Waals surface area contributed by atoms with Crippen molar-refractivity contribution in [3.63, 3.8) is 0 Å². The van der Waals surface area contributed by atoms with Crippen LogP contribution in [0.25, 0.3) is 0 Å². The zero-order valence-electron chi connectivity index (χ0n) is 50.1. The second kappa shape index (κ2) is 31.5. The zero-order chi connectivity index (χ0) is 68.7. The lowest BCUT2D eigenvalue weighted by atomic mass is 9.81. The summed E-state index contributed by atoms with van der Waals surface area (Å²) in [7, 11) is 0. The Hall–Kier alpha value is -3.24. The third-order valence-electron chi connectivity index (χ3n) is 18.0. The molecule has 8 aliphatic heterocycles. The average Bonchev–Trinajstić information content (AvgIpc) is 1.46. The Morgan fingerprint density at radius 2 is 0.574 bits per heavy atom. The summed E-state index contributed by atoms with van der Waals surface area (Å²) in [6.07, 6.45) is -64.5. The fourth-order valence-corrected chi connectivity index (χ4v) is 11.7. The van der Waals surface area contributed by atoms with E-state index >= 15 is 0 Å². The van der Waals surface area contributed by atoms with Gasteiger partial charge in [-0.15, -0.1) is 0 Å². The molecular weight excluding hydrogens is 1280 g/mol. The summed E-state index contributed by atoms with van der Waals surface area (Å²) in [4.78, 5) is 24.3. The smallest absolute Gasteiger partial charge is 0.288 e. The lowest BCUT2D eigenvalue weighted by Gasteiger charge is -2.45. The lowest BCUT2D eigenvalue weighted by Crippen LogP contribution is -2.63. The number of hydrogen-bond donors (Lipinski definition) is 23. The minimum Gasteiger partial charge on any atom is -0.462 e. The largest absolute Gasteiger partial charge is 0.462 e. The Kier molecular flexibility index (Phi) is 25.1. The molecule has 94 heavy (non-hydrogen) atoms. The molecular formula is C55H85NO38. The standard InChI is InChI=1S/C55H85NO38/c1-55(2)24(56-47(80)46(55)79)7-15-3-5-16(6-4-15)87-54-45(78)38(71)31(64)23(94-54)14-86-53-44(77)37(70)30(63)22(93-53)13-85-52-43(76)36(69)29(62)21(92-52)12-84-51-42(75)35(68)28(61)20(91-51)11-83-50-41(74)34(67)27(60)19(90-50)10-82-49-40(73)33(66)26(59)18(89-49)9-81-48-39(72)32(65)25(58)17(8-57)88-48/h3-6,17-45,48-54,57-78H,7-14H2,1-2H3,(H,56,80)/t17?,18?,19?,20?,21?,22?,23?,24?,25?,26-,27?,28?,29?,30-,31?,32?,33?,34?,35?,36?,37?,38?,39?,40?,41?,42?,43?,44-,45?,48?,49?,50?,51?,52?,53?,54?/m1/s1. The van der Waals surface area contributed by atoms with Gasteiger partial charge in [0.05, 0.1) is 51.7 Å². The maximum atomic E-state index is 12.3. The molecule has 8 fully saturated rings. The number of aliphatic hydroxyl groups excluding tert-OH is 22. The summed E-state index contributed by atoms with van der Waals surface area (Å²) in [5.41, 5.74) is -0.248. The van der Waals surface area contributed by atoms with E-state index in [1.165, 1.54) is 12.1 Å². The molecule has 538 valence electrons. The fraction of sp³-hybridized carbons (Fsp3) is 0.855. The highest BCUT2D eigenvalue weighted by molar-refractivity contribution is 6.40. The van der Waals surface area contributed by atoms with E-state index in [1.807, 2.05) is 0 Å². The van der Waals surface area contributed by atoms with Crippen LogP contribution in [0.5, 0.6) is 5.75 Å². The van der Waals surface area contributed by atoms with Gasteiger partial charge >= 0.3 is 0 Å². The molecule has 33 unspecified atom stereocenters. The SMILES string of the molecule is CC1(C)C(=O)C(=O)NC1Cc1ccc(OC2OC(COC3OC(COC4OC(COC5OC(COC6OC(COC7OC(COC8OC(CO)C(O)C(O)C8O)[C@@H](O)C(O)C7O)C(O)C(O)C6O)C(O)C(O)C5O)C(O)C(O)C4O)[C@@H](O)C(O)[C@H]3O)C(O)C(O)C2O)cc1. The minimum absolute atomic E-state index is 0.130. The van der Waals surface area contributed by atoms with Crippen LogP contribution in [0.2, 0.25) is 0 Å². The Bertz CT molecular complexity index is 2580. The lowest BCUT2D eigenvalue weighted by molar-refractivity contribution is -0.353. The molecule has 8 saturated heterocycles. The third kappa shape index (κ3) is 16.0. The zero-order valence-corrected chi connectivity index (χ0v) is 50.1. The van der Waals surface area contributed by atoms with Crippen LogP contribution in [0, 0.1) is 5.41 Å². The van der Waals surface area contributed by atoms with Crippen molar-refractivity contribution in [1.82, 2.24) is 5.32 Å². The summed E-state index contributed by atoms with van der Waals surface area (Å²) < 4.78 is 78.4. The first-order valence-corrected chi connectivity index (χ1v) is 30.1. The first kappa shape index (κ1) is 75.0. The van der Waals surface area contributed by atoms with E-state index in [1.54, 1.807) is 26.0 Å². The predicted molar refractivity (Wildman–Crippen MR) is 291 cm³/mol. The Morgan fingerprint density at radius 1 is 0.340 bits per heavy atom. The maximum absolute atomic E-state index is 12.3. The van der Waals surface area contributed by atoms with Gasteiger partial charge in [0, 0.05) is 6.04 Å².